The van der Waals surface area contributed by atoms with E-state index in [1.807, 2.05) is 6.07 Å². The van der Waals surface area contributed by atoms with Crippen molar-refractivity contribution in [1.82, 2.24) is 15.2 Å². The summed E-state index contributed by atoms with van der Waals surface area (Å²) < 4.78 is 0. The fraction of sp³-hybridized carbons (Fsp3) is 0.533. The minimum Gasteiger partial charge on any atom is -0.390 e. The smallest absolute Gasteiger partial charge is 0.133 e. The van der Waals surface area contributed by atoms with Gasteiger partial charge < -0.3 is 15.3 Å². The second-order valence-electron chi connectivity index (χ2n) is 5.41. The standard InChI is InChI=1S/C15H21N3OS2/c19-13(10-18-5-1-2-6-18)9-16-8-12-11-21-15(17-12)14-4-3-7-20-14/h3-4,7,11,13,16,19H,1-2,5-6,8-10H2. The Labute approximate surface area is 133 Å². The molecule has 0 bridgehead atoms. The molecule has 2 aromatic heterocycles. The summed E-state index contributed by atoms with van der Waals surface area (Å²) >= 11 is 3.40. The Bertz CT molecular complexity index is 535. The zero-order valence-electron chi connectivity index (χ0n) is 12.0. The van der Waals surface area contributed by atoms with Crippen LogP contribution in [-0.4, -0.2) is 47.3 Å². The molecule has 114 valence electrons. The van der Waals surface area contributed by atoms with Gasteiger partial charge in [-0.25, -0.2) is 4.98 Å². The second-order valence-corrected chi connectivity index (χ2v) is 7.22. The number of thiazole rings is 1. The van der Waals surface area contributed by atoms with Crippen LogP contribution in [0.3, 0.4) is 0 Å². The minimum absolute atomic E-state index is 0.293. The first-order valence-electron chi connectivity index (χ1n) is 7.40. The van der Waals surface area contributed by atoms with Gasteiger partial charge in [0.1, 0.15) is 5.01 Å². The van der Waals surface area contributed by atoms with Crippen molar-refractivity contribution in [2.24, 2.45) is 0 Å². The molecule has 2 aromatic rings. The van der Waals surface area contributed by atoms with Gasteiger partial charge in [0.05, 0.1) is 16.7 Å². The molecule has 6 heteroatoms. The van der Waals surface area contributed by atoms with Crippen molar-refractivity contribution < 1.29 is 5.11 Å². The SMILES string of the molecule is OC(CNCc1csc(-c2cccs2)n1)CN1CCCC1. The molecule has 21 heavy (non-hydrogen) atoms. The highest BCUT2D eigenvalue weighted by atomic mass is 32.1. The topological polar surface area (TPSA) is 48.4 Å². The quantitative estimate of drug-likeness (QED) is 0.821. The van der Waals surface area contributed by atoms with Crippen molar-refractivity contribution >= 4 is 22.7 Å². The fourth-order valence-electron chi connectivity index (χ4n) is 2.60. The Morgan fingerprint density at radius 1 is 1.33 bits per heavy atom. The number of hydrogen-bond donors (Lipinski definition) is 2. The van der Waals surface area contributed by atoms with E-state index in [0.717, 1.165) is 36.9 Å². The predicted octanol–water partition coefficient (Wildman–Crippen LogP) is 2.42. The van der Waals surface area contributed by atoms with Gasteiger partial charge in [-0.15, -0.1) is 22.7 Å². The van der Waals surface area contributed by atoms with Crippen LogP contribution in [0, 0.1) is 0 Å². The van der Waals surface area contributed by atoms with Gasteiger partial charge in [0.25, 0.3) is 0 Å². The molecule has 1 fully saturated rings. The van der Waals surface area contributed by atoms with E-state index in [-0.39, 0.29) is 6.10 Å². The van der Waals surface area contributed by atoms with Crippen molar-refractivity contribution in [3.63, 3.8) is 0 Å². The number of nitrogens with zero attached hydrogens (tertiary/aromatic N) is 2. The monoisotopic (exact) mass is 323 g/mol. The minimum atomic E-state index is -0.293. The summed E-state index contributed by atoms with van der Waals surface area (Å²) in [5.41, 5.74) is 1.05. The van der Waals surface area contributed by atoms with Crippen molar-refractivity contribution in [3.05, 3.63) is 28.6 Å². The van der Waals surface area contributed by atoms with Crippen molar-refractivity contribution in [3.8, 4) is 9.88 Å². The molecule has 3 heterocycles. The van der Waals surface area contributed by atoms with Crippen LogP contribution in [0.4, 0.5) is 0 Å². The molecule has 0 spiro atoms. The first kappa shape index (κ1) is 15.1. The van der Waals surface area contributed by atoms with Crippen LogP contribution < -0.4 is 5.32 Å². The van der Waals surface area contributed by atoms with E-state index in [0.29, 0.717) is 6.54 Å². The number of hydrogen-bond acceptors (Lipinski definition) is 6. The molecule has 0 aliphatic carbocycles. The highest BCUT2D eigenvalue weighted by Gasteiger charge is 2.15. The van der Waals surface area contributed by atoms with Crippen LogP contribution in [0.5, 0.6) is 0 Å². The molecule has 1 unspecified atom stereocenters. The summed E-state index contributed by atoms with van der Waals surface area (Å²) in [6.07, 6.45) is 2.24. The van der Waals surface area contributed by atoms with Crippen molar-refractivity contribution in [2.75, 3.05) is 26.2 Å². The molecule has 0 radical (unpaired) electrons. The van der Waals surface area contributed by atoms with E-state index < -0.39 is 0 Å². The van der Waals surface area contributed by atoms with Crippen LogP contribution in [0.15, 0.2) is 22.9 Å². The molecule has 0 aromatic carbocycles. The Kier molecular flexibility index (Phi) is 5.38. The number of rotatable bonds is 7. The lowest BCUT2D eigenvalue weighted by Gasteiger charge is -2.19. The van der Waals surface area contributed by atoms with Gasteiger partial charge in [-0.2, -0.15) is 0 Å². The maximum Gasteiger partial charge on any atom is 0.133 e. The zero-order chi connectivity index (χ0) is 14.5. The third-order valence-corrected chi connectivity index (χ3v) is 5.57. The van der Waals surface area contributed by atoms with E-state index in [4.69, 9.17) is 0 Å². The lowest BCUT2D eigenvalue weighted by atomic mass is 10.3. The molecule has 1 aliphatic heterocycles. The highest BCUT2D eigenvalue weighted by Crippen LogP contribution is 2.27. The number of aromatic nitrogens is 1. The van der Waals surface area contributed by atoms with Crippen LogP contribution >= 0.6 is 22.7 Å². The predicted molar refractivity (Wildman–Crippen MR) is 88.8 cm³/mol. The normalized spacial score (nSPS) is 17.4. The van der Waals surface area contributed by atoms with Gasteiger partial charge in [0.2, 0.25) is 0 Å². The highest BCUT2D eigenvalue weighted by molar-refractivity contribution is 7.20. The summed E-state index contributed by atoms with van der Waals surface area (Å²) in [4.78, 5) is 8.19. The summed E-state index contributed by atoms with van der Waals surface area (Å²) in [5.74, 6) is 0. The van der Waals surface area contributed by atoms with Crippen LogP contribution in [0.2, 0.25) is 0 Å². The number of aliphatic hydroxyl groups excluding tert-OH is 1. The van der Waals surface area contributed by atoms with E-state index in [1.54, 1.807) is 22.7 Å². The van der Waals surface area contributed by atoms with Crippen molar-refractivity contribution in [2.45, 2.75) is 25.5 Å². The number of β-amino-alcohol motifs (C(OH)–C–C–N with tert-alkyl or cyclic N) is 1. The number of aliphatic hydroxyl groups is 1. The maximum absolute atomic E-state index is 10.0. The Hall–Kier alpha value is -0.790. The van der Waals surface area contributed by atoms with Crippen LogP contribution in [0.25, 0.3) is 9.88 Å². The van der Waals surface area contributed by atoms with Gasteiger partial charge in [-0.05, 0) is 37.4 Å². The molecular formula is C15H21N3OS2. The molecule has 0 saturated carbocycles. The molecular weight excluding hydrogens is 302 g/mol. The number of thiophene rings is 1. The summed E-state index contributed by atoms with van der Waals surface area (Å²) in [6.45, 7) is 4.40. The van der Waals surface area contributed by atoms with Gasteiger partial charge in [0, 0.05) is 25.0 Å². The Morgan fingerprint density at radius 3 is 2.95 bits per heavy atom. The molecule has 2 N–H and O–H groups in total. The zero-order valence-corrected chi connectivity index (χ0v) is 13.6. The fourth-order valence-corrected chi connectivity index (χ4v) is 4.23. The third-order valence-electron chi connectivity index (χ3n) is 3.64. The number of likely N-dealkylation sites (tertiary alicyclic amines) is 1. The van der Waals surface area contributed by atoms with Gasteiger partial charge in [-0.1, -0.05) is 6.07 Å². The number of nitrogens with one attached hydrogen (secondary N) is 1. The van der Waals surface area contributed by atoms with Crippen molar-refractivity contribution in [1.29, 1.82) is 0 Å². The van der Waals surface area contributed by atoms with Crippen LogP contribution in [-0.2, 0) is 6.54 Å². The Balaban J connectivity index is 1.41. The van der Waals surface area contributed by atoms with Gasteiger partial charge in [-0.3, -0.25) is 0 Å². The molecule has 1 aliphatic rings. The maximum atomic E-state index is 10.0. The lowest BCUT2D eigenvalue weighted by molar-refractivity contribution is 0.123. The molecule has 1 saturated heterocycles. The van der Waals surface area contributed by atoms with Crippen LogP contribution in [0.1, 0.15) is 18.5 Å². The average Bonchev–Trinajstić information content (AvgIpc) is 3.21. The summed E-state index contributed by atoms with van der Waals surface area (Å²) in [5, 5.41) is 18.6. The molecule has 0 amide bonds. The summed E-state index contributed by atoms with van der Waals surface area (Å²) in [6, 6.07) is 4.15. The van der Waals surface area contributed by atoms with E-state index in [1.165, 1.54) is 17.7 Å². The molecule has 1 atom stereocenters. The lowest BCUT2D eigenvalue weighted by Crippen LogP contribution is -2.36. The first-order chi connectivity index (χ1) is 10.3. The van der Waals surface area contributed by atoms with E-state index in [2.05, 4.69) is 32.0 Å². The van der Waals surface area contributed by atoms with Gasteiger partial charge in [0.15, 0.2) is 0 Å². The van der Waals surface area contributed by atoms with E-state index in [9.17, 15) is 5.11 Å². The van der Waals surface area contributed by atoms with E-state index >= 15 is 0 Å². The third kappa shape index (κ3) is 4.34. The second kappa shape index (κ2) is 7.47. The van der Waals surface area contributed by atoms with Gasteiger partial charge >= 0.3 is 0 Å². The Morgan fingerprint density at radius 2 is 2.19 bits per heavy atom. The largest absolute Gasteiger partial charge is 0.390 e. The molecule has 4 nitrogen and oxygen atoms in total. The summed E-state index contributed by atoms with van der Waals surface area (Å²) in [7, 11) is 0. The average molecular weight is 323 g/mol. The first-order valence-corrected chi connectivity index (χ1v) is 9.16. The molecule has 3 rings (SSSR count).